The van der Waals surface area contributed by atoms with Gasteiger partial charge < -0.3 is 10.4 Å². The summed E-state index contributed by atoms with van der Waals surface area (Å²) in [6.07, 6.45) is 1.12. The summed E-state index contributed by atoms with van der Waals surface area (Å²) in [7, 11) is 0. The molecule has 0 bridgehead atoms. The minimum atomic E-state index is -1.02. The number of benzene rings is 3. The van der Waals surface area contributed by atoms with E-state index in [0.29, 0.717) is 6.42 Å². The van der Waals surface area contributed by atoms with Gasteiger partial charge in [-0.15, -0.1) is 0 Å². The van der Waals surface area contributed by atoms with Gasteiger partial charge in [-0.1, -0.05) is 72.8 Å². The molecule has 0 fully saturated rings. The molecular weight excluding hydrogens is 326 g/mol. The average molecular weight is 347 g/mol. The molecule has 3 aromatic rings. The first kappa shape index (κ1) is 17.7. The highest BCUT2D eigenvalue weighted by atomic mass is 16.4. The Balaban J connectivity index is 1.62. The molecule has 0 unspecified atom stereocenters. The fourth-order valence-electron chi connectivity index (χ4n) is 2.97. The van der Waals surface area contributed by atoms with Crippen LogP contribution in [0.1, 0.15) is 17.5 Å². The summed E-state index contributed by atoms with van der Waals surface area (Å²) < 4.78 is 0. The van der Waals surface area contributed by atoms with Gasteiger partial charge in [0.1, 0.15) is 6.04 Å². The lowest BCUT2D eigenvalue weighted by atomic mass is 10.0. The summed E-state index contributed by atoms with van der Waals surface area (Å²) in [6, 6.07) is 22.5. The number of aliphatic carboxylic acids is 1. The Morgan fingerprint density at radius 2 is 1.54 bits per heavy atom. The van der Waals surface area contributed by atoms with Crippen LogP contribution in [0.5, 0.6) is 0 Å². The minimum absolute atomic E-state index is 0.248. The van der Waals surface area contributed by atoms with Crippen molar-refractivity contribution in [3.8, 4) is 0 Å². The Labute approximate surface area is 152 Å². The van der Waals surface area contributed by atoms with E-state index < -0.39 is 12.0 Å². The van der Waals surface area contributed by atoms with Crippen molar-refractivity contribution in [3.05, 3.63) is 83.9 Å². The highest BCUT2D eigenvalue weighted by Gasteiger charge is 2.20. The quantitative estimate of drug-likeness (QED) is 0.686. The molecule has 0 aliphatic carbocycles. The molecule has 2 N–H and O–H groups in total. The van der Waals surface area contributed by atoms with Crippen LogP contribution in [-0.2, 0) is 22.4 Å². The Bertz CT molecular complexity index is 905. The van der Waals surface area contributed by atoms with E-state index in [9.17, 15) is 14.7 Å². The molecule has 26 heavy (non-hydrogen) atoms. The Hall–Kier alpha value is -3.14. The van der Waals surface area contributed by atoms with E-state index >= 15 is 0 Å². The van der Waals surface area contributed by atoms with Crippen molar-refractivity contribution in [3.63, 3.8) is 0 Å². The highest BCUT2D eigenvalue weighted by molar-refractivity contribution is 5.85. The van der Waals surface area contributed by atoms with Gasteiger partial charge in [-0.25, -0.2) is 4.79 Å². The van der Waals surface area contributed by atoms with Gasteiger partial charge in [-0.05, 0) is 28.3 Å². The summed E-state index contributed by atoms with van der Waals surface area (Å²) >= 11 is 0. The predicted molar refractivity (Wildman–Crippen MR) is 102 cm³/mol. The van der Waals surface area contributed by atoms with Crippen LogP contribution in [0.3, 0.4) is 0 Å². The second kappa shape index (κ2) is 8.30. The third-order valence-electron chi connectivity index (χ3n) is 4.37. The van der Waals surface area contributed by atoms with Crippen LogP contribution in [-0.4, -0.2) is 23.0 Å². The lowest BCUT2D eigenvalue weighted by Gasteiger charge is -2.15. The molecule has 1 atom stereocenters. The Kier molecular flexibility index (Phi) is 5.64. The average Bonchev–Trinajstić information content (AvgIpc) is 2.66. The smallest absolute Gasteiger partial charge is 0.326 e. The topological polar surface area (TPSA) is 66.4 Å². The highest BCUT2D eigenvalue weighted by Crippen LogP contribution is 2.17. The minimum Gasteiger partial charge on any atom is -0.480 e. The van der Waals surface area contributed by atoms with Gasteiger partial charge in [0.2, 0.25) is 5.91 Å². The molecular formula is C22H21NO3. The van der Waals surface area contributed by atoms with Gasteiger partial charge in [-0.2, -0.15) is 0 Å². The molecule has 0 aliphatic heterocycles. The molecule has 0 radical (unpaired) electrons. The van der Waals surface area contributed by atoms with Gasteiger partial charge in [0, 0.05) is 12.8 Å². The number of aryl methyl sites for hydroxylation is 1. The maximum absolute atomic E-state index is 12.2. The number of carboxylic acids is 1. The number of carbonyl (C=O) groups excluding carboxylic acids is 1. The van der Waals surface area contributed by atoms with Crippen LogP contribution in [0.15, 0.2) is 72.8 Å². The zero-order chi connectivity index (χ0) is 18.4. The molecule has 0 spiro atoms. The van der Waals surface area contributed by atoms with Crippen LogP contribution in [0.25, 0.3) is 10.8 Å². The van der Waals surface area contributed by atoms with Gasteiger partial charge in [0.15, 0.2) is 0 Å². The van der Waals surface area contributed by atoms with E-state index in [2.05, 4.69) is 5.32 Å². The molecule has 0 heterocycles. The van der Waals surface area contributed by atoms with Crippen molar-refractivity contribution in [2.45, 2.75) is 25.3 Å². The SMILES string of the molecule is O=C(CCc1ccccc1)N[C@H](Cc1ccc2ccccc2c1)C(=O)O. The first-order valence-electron chi connectivity index (χ1n) is 8.65. The normalized spacial score (nSPS) is 11.8. The summed E-state index contributed by atoms with van der Waals surface area (Å²) in [5, 5.41) is 14.3. The van der Waals surface area contributed by atoms with Crippen LogP contribution < -0.4 is 5.32 Å². The van der Waals surface area contributed by atoms with E-state index in [0.717, 1.165) is 21.9 Å². The van der Waals surface area contributed by atoms with Gasteiger partial charge in [0.05, 0.1) is 0 Å². The van der Waals surface area contributed by atoms with Crippen LogP contribution in [0.2, 0.25) is 0 Å². The molecule has 3 rings (SSSR count). The number of hydrogen-bond donors (Lipinski definition) is 2. The fourth-order valence-corrected chi connectivity index (χ4v) is 2.97. The summed E-state index contributed by atoms with van der Waals surface area (Å²) in [6.45, 7) is 0. The van der Waals surface area contributed by atoms with Crippen molar-refractivity contribution >= 4 is 22.6 Å². The fraction of sp³-hybridized carbons (Fsp3) is 0.182. The van der Waals surface area contributed by atoms with E-state index in [-0.39, 0.29) is 18.7 Å². The first-order chi connectivity index (χ1) is 12.6. The zero-order valence-corrected chi connectivity index (χ0v) is 14.4. The Morgan fingerprint density at radius 1 is 0.846 bits per heavy atom. The summed E-state index contributed by atoms with van der Waals surface area (Å²) in [5.41, 5.74) is 1.95. The first-order valence-corrected chi connectivity index (χ1v) is 8.65. The third-order valence-corrected chi connectivity index (χ3v) is 4.37. The monoisotopic (exact) mass is 347 g/mol. The lowest BCUT2D eigenvalue weighted by molar-refractivity contribution is -0.141. The second-order valence-electron chi connectivity index (χ2n) is 6.33. The van der Waals surface area contributed by atoms with Crippen molar-refractivity contribution in [1.29, 1.82) is 0 Å². The standard InChI is InChI=1S/C22H21NO3/c24-21(13-11-16-6-2-1-3-7-16)23-20(22(25)26)15-17-10-12-18-8-4-5-9-19(18)14-17/h1-10,12,14,20H,11,13,15H2,(H,23,24)(H,25,26)/t20-/m1/s1. The second-order valence-corrected chi connectivity index (χ2v) is 6.33. The van der Waals surface area contributed by atoms with Crippen molar-refractivity contribution in [1.82, 2.24) is 5.32 Å². The maximum Gasteiger partial charge on any atom is 0.326 e. The molecule has 0 aromatic heterocycles. The zero-order valence-electron chi connectivity index (χ0n) is 14.4. The third kappa shape index (κ3) is 4.70. The predicted octanol–water partition coefficient (Wildman–Crippen LogP) is 3.58. The molecule has 4 heteroatoms. The van der Waals surface area contributed by atoms with E-state index in [1.807, 2.05) is 72.8 Å². The van der Waals surface area contributed by atoms with Crippen LogP contribution in [0, 0.1) is 0 Å². The summed E-state index contributed by atoms with van der Waals surface area (Å²) in [4.78, 5) is 23.7. The van der Waals surface area contributed by atoms with Crippen molar-refractivity contribution in [2.75, 3.05) is 0 Å². The largest absolute Gasteiger partial charge is 0.480 e. The van der Waals surface area contributed by atoms with Crippen molar-refractivity contribution < 1.29 is 14.7 Å². The molecule has 132 valence electrons. The molecule has 1 amide bonds. The van der Waals surface area contributed by atoms with Crippen LogP contribution in [0.4, 0.5) is 0 Å². The van der Waals surface area contributed by atoms with Crippen LogP contribution >= 0.6 is 0 Å². The molecule has 0 saturated carbocycles. The molecule has 0 aliphatic rings. The molecule has 4 nitrogen and oxygen atoms in total. The Morgan fingerprint density at radius 3 is 2.27 bits per heavy atom. The molecule has 0 saturated heterocycles. The number of carboxylic acid groups (broad SMARTS) is 1. The number of rotatable bonds is 7. The maximum atomic E-state index is 12.2. The van der Waals surface area contributed by atoms with Gasteiger partial charge >= 0.3 is 5.97 Å². The summed E-state index contributed by atoms with van der Waals surface area (Å²) in [5.74, 6) is -1.27. The van der Waals surface area contributed by atoms with E-state index in [1.54, 1.807) is 0 Å². The van der Waals surface area contributed by atoms with Gasteiger partial charge in [0.25, 0.3) is 0 Å². The van der Waals surface area contributed by atoms with E-state index in [1.165, 1.54) is 0 Å². The van der Waals surface area contributed by atoms with Crippen molar-refractivity contribution in [2.24, 2.45) is 0 Å². The van der Waals surface area contributed by atoms with E-state index in [4.69, 9.17) is 0 Å². The number of nitrogens with one attached hydrogen (secondary N) is 1. The lowest BCUT2D eigenvalue weighted by Crippen LogP contribution is -2.42. The molecule has 3 aromatic carbocycles. The van der Waals surface area contributed by atoms with Gasteiger partial charge in [-0.3, -0.25) is 4.79 Å². The number of fused-ring (bicyclic) bond motifs is 1. The number of hydrogen-bond acceptors (Lipinski definition) is 2. The number of amides is 1. The number of carbonyl (C=O) groups is 2.